The van der Waals surface area contributed by atoms with Crippen LogP contribution in [0.5, 0.6) is 5.75 Å². The van der Waals surface area contributed by atoms with Gasteiger partial charge in [-0.2, -0.15) is 0 Å². The Morgan fingerprint density at radius 1 is 0.966 bits per heavy atom. The van der Waals surface area contributed by atoms with Crippen molar-refractivity contribution in [3.63, 3.8) is 0 Å². The molecule has 0 amide bonds. The Kier molecular flexibility index (Phi) is 6.17. The molecule has 1 aliphatic rings. The monoisotopic (exact) mass is 392 g/mol. The van der Waals surface area contributed by atoms with Crippen LogP contribution in [0, 0.1) is 0 Å². The minimum absolute atomic E-state index is 0.0449. The molecule has 7 heteroatoms. The molecular formula is C22H28N6O. The van der Waals surface area contributed by atoms with E-state index in [1.807, 2.05) is 16.8 Å². The van der Waals surface area contributed by atoms with Gasteiger partial charge >= 0.3 is 0 Å². The van der Waals surface area contributed by atoms with E-state index >= 15 is 0 Å². The van der Waals surface area contributed by atoms with Crippen molar-refractivity contribution in [3.8, 4) is 5.75 Å². The molecule has 0 spiro atoms. The molecule has 1 atom stereocenters. The number of likely N-dealkylation sites (N-methyl/N-ethyl adjacent to an activating group) is 1. The normalized spacial score (nSPS) is 16.6. The van der Waals surface area contributed by atoms with Gasteiger partial charge in [0.25, 0.3) is 0 Å². The number of benzene rings is 2. The van der Waals surface area contributed by atoms with Gasteiger partial charge in [-0.1, -0.05) is 49.4 Å². The second-order valence-corrected chi connectivity index (χ2v) is 7.33. The van der Waals surface area contributed by atoms with Gasteiger partial charge in [0, 0.05) is 26.2 Å². The fourth-order valence-electron chi connectivity index (χ4n) is 3.92. The van der Waals surface area contributed by atoms with Crippen LogP contribution in [0.2, 0.25) is 0 Å². The molecule has 0 N–H and O–H groups in total. The van der Waals surface area contributed by atoms with Crippen LogP contribution in [-0.2, 0) is 6.54 Å². The molecule has 4 rings (SSSR count). The van der Waals surface area contributed by atoms with Gasteiger partial charge in [-0.3, -0.25) is 4.90 Å². The summed E-state index contributed by atoms with van der Waals surface area (Å²) in [7, 11) is 1.68. The van der Waals surface area contributed by atoms with Crippen molar-refractivity contribution >= 4 is 0 Å². The Balaban J connectivity index is 1.62. The second kappa shape index (κ2) is 9.15. The molecule has 1 unspecified atom stereocenters. The number of ether oxygens (including phenoxy) is 1. The van der Waals surface area contributed by atoms with Crippen LogP contribution in [0.25, 0.3) is 0 Å². The maximum absolute atomic E-state index is 5.26. The molecule has 1 aliphatic heterocycles. The first kappa shape index (κ1) is 19.5. The van der Waals surface area contributed by atoms with E-state index in [2.05, 4.69) is 74.7 Å². The summed E-state index contributed by atoms with van der Waals surface area (Å²) in [6.45, 7) is 8.09. The minimum Gasteiger partial charge on any atom is -0.497 e. The first-order valence-corrected chi connectivity index (χ1v) is 10.2. The summed E-state index contributed by atoms with van der Waals surface area (Å²) in [4.78, 5) is 4.98. The van der Waals surface area contributed by atoms with E-state index in [1.165, 1.54) is 5.56 Å². The molecule has 2 aromatic carbocycles. The van der Waals surface area contributed by atoms with Crippen molar-refractivity contribution in [2.45, 2.75) is 19.5 Å². The van der Waals surface area contributed by atoms with Crippen molar-refractivity contribution in [3.05, 3.63) is 71.5 Å². The SMILES string of the molecule is CCN1CCN(C(c2ccccc2)c2nnnn2Cc2ccc(OC)cc2)CC1. The van der Waals surface area contributed by atoms with E-state index in [1.54, 1.807) is 7.11 Å². The smallest absolute Gasteiger partial charge is 0.173 e. The van der Waals surface area contributed by atoms with Crippen LogP contribution < -0.4 is 4.74 Å². The summed E-state index contributed by atoms with van der Waals surface area (Å²) in [5, 5.41) is 12.8. The molecule has 3 aromatic rings. The number of methoxy groups -OCH3 is 1. The largest absolute Gasteiger partial charge is 0.497 e. The number of hydrogen-bond acceptors (Lipinski definition) is 6. The maximum atomic E-state index is 5.26. The predicted molar refractivity (Wildman–Crippen MR) is 112 cm³/mol. The maximum Gasteiger partial charge on any atom is 0.173 e. The fraction of sp³-hybridized carbons (Fsp3) is 0.409. The molecule has 1 fully saturated rings. The molecule has 2 heterocycles. The minimum atomic E-state index is 0.0449. The highest BCUT2D eigenvalue weighted by atomic mass is 16.5. The van der Waals surface area contributed by atoms with Crippen molar-refractivity contribution in [2.75, 3.05) is 39.8 Å². The molecule has 0 radical (unpaired) electrons. The third-order valence-corrected chi connectivity index (χ3v) is 5.63. The standard InChI is InChI=1S/C22H28N6O/c1-3-26-13-15-27(16-14-26)21(19-7-5-4-6-8-19)22-23-24-25-28(22)17-18-9-11-20(29-2)12-10-18/h4-12,21H,3,13-17H2,1-2H3. The lowest BCUT2D eigenvalue weighted by Crippen LogP contribution is -2.48. The molecule has 7 nitrogen and oxygen atoms in total. The van der Waals surface area contributed by atoms with Gasteiger partial charge in [-0.15, -0.1) is 5.10 Å². The van der Waals surface area contributed by atoms with Crippen LogP contribution >= 0.6 is 0 Å². The second-order valence-electron chi connectivity index (χ2n) is 7.33. The van der Waals surface area contributed by atoms with Gasteiger partial charge in [0.2, 0.25) is 0 Å². The number of piperazine rings is 1. The predicted octanol–water partition coefficient (Wildman–Crippen LogP) is 2.46. The Bertz CT molecular complexity index is 887. The lowest BCUT2D eigenvalue weighted by molar-refractivity contribution is 0.108. The summed E-state index contributed by atoms with van der Waals surface area (Å²) < 4.78 is 7.19. The van der Waals surface area contributed by atoms with Crippen LogP contribution in [-0.4, -0.2) is 69.8 Å². The Morgan fingerprint density at radius 2 is 1.69 bits per heavy atom. The van der Waals surface area contributed by atoms with Crippen molar-refractivity contribution in [1.29, 1.82) is 0 Å². The van der Waals surface area contributed by atoms with E-state index < -0.39 is 0 Å². The van der Waals surface area contributed by atoms with Gasteiger partial charge in [-0.05, 0) is 40.2 Å². The van der Waals surface area contributed by atoms with Crippen molar-refractivity contribution in [1.82, 2.24) is 30.0 Å². The Morgan fingerprint density at radius 3 is 2.34 bits per heavy atom. The lowest BCUT2D eigenvalue weighted by atomic mass is 10.0. The molecule has 0 saturated carbocycles. The summed E-state index contributed by atoms with van der Waals surface area (Å²) in [6, 6.07) is 18.7. The highest BCUT2D eigenvalue weighted by molar-refractivity contribution is 5.28. The number of nitrogens with zero attached hydrogens (tertiary/aromatic N) is 6. The molecule has 0 aliphatic carbocycles. The zero-order chi connectivity index (χ0) is 20.1. The van der Waals surface area contributed by atoms with Gasteiger partial charge in [0.15, 0.2) is 5.82 Å². The summed E-state index contributed by atoms with van der Waals surface area (Å²) >= 11 is 0. The topological polar surface area (TPSA) is 59.3 Å². The van der Waals surface area contributed by atoms with Crippen LogP contribution in [0.4, 0.5) is 0 Å². The first-order valence-electron chi connectivity index (χ1n) is 10.2. The Labute approximate surface area is 171 Å². The molecule has 0 bridgehead atoms. The van der Waals surface area contributed by atoms with E-state index in [0.717, 1.165) is 49.9 Å². The molecular weight excluding hydrogens is 364 g/mol. The van der Waals surface area contributed by atoms with E-state index in [4.69, 9.17) is 4.74 Å². The van der Waals surface area contributed by atoms with Crippen LogP contribution in [0.15, 0.2) is 54.6 Å². The van der Waals surface area contributed by atoms with Crippen LogP contribution in [0.3, 0.4) is 0 Å². The number of rotatable bonds is 7. The number of tetrazole rings is 1. The third-order valence-electron chi connectivity index (χ3n) is 5.63. The van der Waals surface area contributed by atoms with Crippen molar-refractivity contribution < 1.29 is 4.74 Å². The molecule has 152 valence electrons. The quantitative estimate of drug-likeness (QED) is 0.616. The molecule has 1 aromatic heterocycles. The highest BCUT2D eigenvalue weighted by Crippen LogP contribution is 2.28. The molecule has 29 heavy (non-hydrogen) atoms. The lowest BCUT2D eigenvalue weighted by Gasteiger charge is -2.38. The van der Waals surface area contributed by atoms with Crippen LogP contribution in [0.1, 0.15) is 29.9 Å². The third kappa shape index (κ3) is 4.46. The van der Waals surface area contributed by atoms with E-state index in [9.17, 15) is 0 Å². The average molecular weight is 393 g/mol. The van der Waals surface area contributed by atoms with E-state index in [-0.39, 0.29) is 6.04 Å². The van der Waals surface area contributed by atoms with Gasteiger partial charge in [0.05, 0.1) is 19.7 Å². The average Bonchev–Trinajstić information content (AvgIpc) is 3.23. The zero-order valence-electron chi connectivity index (χ0n) is 17.1. The Hall–Kier alpha value is -2.77. The zero-order valence-corrected chi connectivity index (χ0v) is 17.1. The summed E-state index contributed by atoms with van der Waals surface area (Å²) in [6.07, 6.45) is 0. The summed E-state index contributed by atoms with van der Waals surface area (Å²) in [5.41, 5.74) is 2.37. The fourth-order valence-corrected chi connectivity index (χ4v) is 3.92. The first-order chi connectivity index (χ1) is 14.3. The van der Waals surface area contributed by atoms with Gasteiger partial charge < -0.3 is 9.64 Å². The van der Waals surface area contributed by atoms with E-state index in [0.29, 0.717) is 6.54 Å². The van der Waals surface area contributed by atoms with Gasteiger partial charge in [0.1, 0.15) is 5.75 Å². The van der Waals surface area contributed by atoms with Gasteiger partial charge in [-0.25, -0.2) is 4.68 Å². The molecule has 1 saturated heterocycles. The number of aromatic nitrogens is 4. The number of hydrogen-bond donors (Lipinski definition) is 0. The van der Waals surface area contributed by atoms with Crippen molar-refractivity contribution in [2.24, 2.45) is 0 Å². The highest BCUT2D eigenvalue weighted by Gasteiger charge is 2.30. The summed E-state index contributed by atoms with van der Waals surface area (Å²) in [5.74, 6) is 1.73.